The van der Waals surface area contributed by atoms with Crippen LogP contribution in [-0.2, 0) is 14.3 Å². The summed E-state index contributed by atoms with van der Waals surface area (Å²) >= 11 is 0. The Labute approximate surface area is 153 Å². The summed E-state index contributed by atoms with van der Waals surface area (Å²) in [5.41, 5.74) is 2.01. The predicted molar refractivity (Wildman–Crippen MR) is 101 cm³/mol. The summed E-state index contributed by atoms with van der Waals surface area (Å²) in [7, 11) is 1.44. The number of carbonyl (C=O) groups is 2. The van der Waals surface area contributed by atoms with Gasteiger partial charge in [0.1, 0.15) is 5.75 Å². The molecule has 0 amide bonds. The fourth-order valence-electron chi connectivity index (χ4n) is 3.37. The Morgan fingerprint density at radius 2 is 1.73 bits per heavy atom. The monoisotopic (exact) mass is 353 g/mol. The Bertz CT molecular complexity index is 850. The first-order valence-electron chi connectivity index (χ1n) is 8.72. The van der Waals surface area contributed by atoms with E-state index in [4.69, 9.17) is 9.47 Å². The lowest BCUT2D eigenvalue weighted by atomic mass is 9.95. The molecule has 3 rings (SSSR count). The van der Waals surface area contributed by atoms with E-state index in [1.54, 1.807) is 6.07 Å². The van der Waals surface area contributed by atoms with E-state index in [9.17, 15) is 9.59 Å². The van der Waals surface area contributed by atoms with Crippen LogP contribution in [-0.4, -0.2) is 37.0 Å². The van der Waals surface area contributed by atoms with E-state index in [1.807, 2.05) is 24.3 Å². The number of esters is 2. The van der Waals surface area contributed by atoms with Crippen LogP contribution in [0.4, 0.5) is 0 Å². The van der Waals surface area contributed by atoms with Gasteiger partial charge in [0.05, 0.1) is 13.0 Å². The van der Waals surface area contributed by atoms with Crippen LogP contribution >= 0.6 is 0 Å². The van der Waals surface area contributed by atoms with Crippen LogP contribution in [0.3, 0.4) is 0 Å². The van der Waals surface area contributed by atoms with E-state index in [1.165, 1.54) is 14.0 Å². The highest BCUT2D eigenvalue weighted by molar-refractivity contribution is 5.87. The number of benzene rings is 2. The maximum Gasteiger partial charge on any atom is 0.308 e. The molecule has 0 N–H and O–H groups in total. The second kappa shape index (κ2) is 7.60. The average molecular weight is 353 g/mol. The standard InChI is InChI=1S/C21H23NO4/c1-14(22-10-8-16(9-11-22)21(24)25-3)17-4-5-19-13-20(26-15(2)23)7-6-18(19)12-17/h4-7,12-13,16H,1,8-11H2,2-3H3. The van der Waals surface area contributed by atoms with Gasteiger partial charge in [0.2, 0.25) is 0 Å². The molecule has 0 bridgehead atoms. The lowest BCUT2D eigenvalue weighted by Crippen LogP contribution is -2.35. The number of hydrogen-bond donors (Lipinski definition) is 0. The molecule has 26 heavy (non-hydrogen) atoms. The third-order valence-corrected chi connectivity index (χ3v) is 4.82. The molecule has 136 valence electrons. The summed E-state index contributed by atoms with van der Waals surface area (Å²) in [4.78, 5) is 25.0. The largest absolute Gasteiger partial charge is 0.469 e. The van der Waals surface area contributed by atoms with Gasteiger partial charge in [-0.15, -0.1) is 0 Å². The van der Waals surface area contributed by atoms with E-state index in [0.29, 0.717) is 5.75 Å². The number of methoxy groups -OCH3 is 1. The Morgan fingerprint density at radius 1 is 1.08 bits per heavy atom. The predicted octanol–water partition coefficient (Wildman–Crippen LogP) is 3.62. The second-order valence-electron chi connectivity index (χ2n) is 6.55. The summed E-state index contributed by atoms with van der Waals surface area (Å²) in [5, 5.41) is 2.06. The highest BCUT2D eigenvalue weighted by atomic mass is 16.5. The van der Waals surface area contributed by atoms with Crippen LogP contribution in [0.15, 0.2) is 43.0 Å². The highest BCUT2D eigenvalue weighted by Gasteiger charge is 2.26. The van der Waals surface area contributed by atoms with Gasteiger partial charge in [-0.1, -0.05) is 24.8 Å². The third-order valence-electron chi connectivity index (χ3n) is 4.82. The molecule has 1 aliphatic heterocycles. The minimum atomic E-state index is -0.329. The number of hydrogen-bond acceptors (Lipinski definition) is 5. The third kappa shape index (κ3) is 3.87. The number of ether oxygens (including phenoxy) is 2. The maximum atomic E-state index is 11.7. The minimum Gasteiger partial charge on any atom is -0.469 e. The van der Waals surface area contributed by atoms with E-state index < -0.39 is 0 Å². The number of rotatable bonds is 4. The van der Waals surface area contributed by atoms with Crippen molar-refractivity contribution in [3.8, 4) is 5.75 Å². The van der Waals surface area contributed by atoms with Crippen molar-refractivity contribution in [2.24, 2.45) is 5.92 Å². The van der Waals surface area contributed by atoms with Crippen LogP contribution in [0, 0.1) is 5.92 Å². The van der Waals surface area contributed by atoms with Gasteiger partial charge in [0, 0.05) is 25.7 Å². The first kappa shape index (κ1) is 18.0. The summed E-state index contributed by atoms with van der Waals surface area (Å²) in [6, 6.07) is 11.7. The van der Waals surface area contributed by atoms with Crippen molar-refractivity contribution in [1.82, 2.24) is 4.90 Å². The molecule has 2 aromatic rings. The molecule has 0 aromatic heterocycles. The van der Waals surface area contributed by atoms with Crippen molar-refractivity contribution in [2.75, 3.05) is 20.2 Å². The van der Waals surface area contributed by atoms with Gasteiger partial charge in [-0.2, -0.15) is 0 Å². The van der Waals surface area contributed by atoms with E-state index >= 15 is 0 Å². The van der Waals surface area contributed by atoms with Gasteiger partial charge >= 0.3 is 11.9 Å². The van der Waals surface area contributed by atoms with Crippen molar-refractivity contribution in [2.45, 2.75) is 19.8 Å². The molecule has 5 heteroatoms. The summed E-state index contributed by atoms with van der Waals surface area (Å²) in [6.07, 6.45) is 1.57. The molecule has 2 aromatic carbocycles. The summed E-state index contributed by atoms with van der Waals surface area (Å²) in [5.74, 6) is 0.0797. The lowest BCUT2D eigenvalue weighted by Gasteiger charge is -2.33. The Balaban J connectivity index is 1.73. The Hall–Kier alpha value is -2.82. The van der Waals surface area contributed by atoms with Crippen LogP contribution in [0.1, 0.15) is 25.3 Å². The molecule has 0 atom stereocenters. The molecule has 5 nitrogen and oxygen atoms in total. The molecule has 1 aliphatic rings. The first-order valence-corrected chi connectivity index (χ1v) is 8.72. The zero-order valence-electron chi connectivity index (χ0n) is 15.2. The average Bonchev–Trinajstić information content (AvgIpc) is 2.66. The van der Waals surface area contributed by atoms with Crippen LogP contribution < -0.4 is 4.74 Å². The topological polar surface area (TPSA) is 55.8 Å². The fraction of sp³-hybridized carbons (Fsp3) is 0.333. The van der Waals surface area contributed by atoms with Crippen LogP contribution in [0.2, 0.25) is 0 Å². The molecule has 0 saturated carbocycles. The number of nitrogens with zero attached hydrogens (tertiary/aromatic N) is 1. The molecule has 0 aliphatic carbocycles. The summed E-state index contributed by atoms with van der Waals surface area (Å²) < 4.78 is 9.97. The number of carbonyl (C=O) groups excluding carboxylic acids is 2. The summed E-state index contributed by atoms with van der Waals surface area (Å²) in [6.45, 7) is 7.22. The van der Waals surface area contributed by atoms with E-state index in [-0.39, 0.29) is 17.9 Å². The minimum absolute atomic E-state index is 0.0136. The normalized spacial score (nSPS) is 14.9. The molecule has 0 spiro atoms. The van der Waals surface area contributed by atoms with Gasteiger partial charge in [0.15, 0.2) is 0 Å². The van der Waals surface area contributed by atoms with Crippen molar-refractivity contribution in [1.29, 1.82) is 0 Å². The number of piperidine rings is 1. The molecule has 0 unspecified atom stereocenters. The van der Waals surface area contributed by atoms with Crippen molar-refractivity contribution >= 4 is 28.4 Å². The second-order valence-corrected chi connectivity index (χ2v) is 6.55. The van der Waals surface area contributed by atoms with Gasteiger partial charge < -0.3 is 14.4 Å². The van der Waals surface area contributed by atoms with Gasteiger partial charge in [-0.05, 0) is 47.4 Å². The van der Waals surface area contributed by atoms with Crippen molar-refractivity contribution < 1.29 is 19.1 Å². The number of likely N-dealkylation sites (tertiary alicyclic amines) is 1. The smallest absolute Gasteiger partial charge is 0.308 e. The van der Waals surface area contributed by atoms with Gasteiger partial charge in [-0.3, -0.25) is 9.59 Å². The molecule has 1 fully saturated rings. The molecular formula is C21H23NO4. The molecular weight excluding hydrogens is 330 g/mol. The van der Waals surface area contributed by atoms with Gasteiger partial charge in [0.25, 0.3) is 0 Å². The highest BCUT2D eigenvalue weighted by Crippen LogP contribution is 2.29. The van der Waals surface area contributed by atoms with Crippen molar-refractivity contribution in [3.63, 3.8) is 0 Å². The van der Waals surface area contributed by atoms with E-state index in [0.717, 1.165) is 48.0 Å². The van der Waals surface area contributed by atoms with Crippen LogP contribution in [0.25, 0.3) is 16.5 Å². The quantitative estimate of drug-likeness (QED) is 0.621. The first-order chi connectivity index (χ1) is 12.5. The molecule has 1 saturated heterocycles. The zero-order valence-corrected chi connectivity index (χ0v) is 15.2. The zero-order chi connectivity index (χ0) is 18.7. The van der Waals surface area contributed by atoms with E-state index in [2.05, 4.69) is 17.5 Å². The lowest BCUT2D eigenvalue weighted by molar-refractivity contribution is -0.146. The van der Waals surface area contributed by atoms with Crippen molar-refractivity contribution in [3.05, 3.63) is 48.5 Å². The molecule has 0 radical (unpaired) electrons. The Kier molecular flexibility index (Phi) is 5.26. The molecule has 1 heterocycles. The fourth-order valence-corrected chi connectivity index (χ4v) is 3.37. The SMILES string of the molecule is C=C(c1ccc2cc(OC(C)=O)ccc2c1)N1CCC(C(=O)OC)CC1. The maximum absolute atomic E-state index is 11.7. The van der Waals surface area contributed by atoms with Gasteiger partial charge in [-0.25, -0.2) is 0 Å². The Morgan fingerprint density at radius 3 is 2.38 bits per heavy atom. The van der Waals surface area contributed by atoms with Crippen LogP contribution in [0.5, 0.6) is 5.75 Å². The number of fused-ring (bicyclic) bond motifs is 1.